The van der Waals surface area contributed by atoms with Gasteiger partial charge in [0.2, 0.25) is 0 Å². The van der Waals surface area contributed by atoms with Gasteiger partial charge in [-0.05, 0) is 12.8 Å². The summed E-state index contributed by atoms with van der Waals surface area (Å²) >= 11 is 0. The van der Waals surface area contributed by atoms with Crippen LogP contribution < -0.4 is 4.74 Å². The average Bonchev–Trinajstić information content (AvgIpc) is 2.71. The minimum absolute atomic E-state index is 0.0470. The second-order valence-electron chi connectivity index (χ2n) is 4.07. The molecular weight excluding hydrogens is 220 g/mol. The van der Waals surface area contributed by atoms with Crippen LogP contribution in [0.2, 0.25) is 0 Å². The Balaban J connectivity index is 2.83. The van der Waals surface area contributed by atoms with Crippen LogP contribution in [0.25, 0.3) is 0 Å². The highest BCUT2D eigenvalue weighted by Crippen LogP contribution is 2.21. The van der Waals surface area contributed by atoms with Gasteiger partial charge in [0.1, 0.15) is 5.69 Å². The molecule has 5 nitrogen and oxygen atoms in total. The van der Waals surface area contributed by atoms with Crippen LogP contribution in [0.15, 0.2) is 6.20 Å². The van der Waals surface area contributed by atoms with Gasteiger partial charge < -0.3 is 9.47 Å². The molecule has 17 heavy (non-hydrogen) atoms. The molecule has 0 saturated heterocycles. The Morgan fingerprint density at radius 2 is 2.24 bits per heavy atom. The van der Waals surface area contributed by atoms with Gasteiger partial charge in [-0.3, -0.25) is 9.48 Å². The summed E-state index contributed by atoms with van der Waals surface area (Å²) in [4.78, 5) is 12.2. The van der Waals surface area contributed by atoms with Crippen molar-refractivity contribution in [3.05, 3.63) is 11.9 Å². The first-order chi connectivity index (χ1) is 8.13. The Bertz CT molecular complexity index is 352. The molecule has 5 heteroatoms. The first-order valence-corrected chi connectivity index (χ1v) is 5.75. The highest BCUT2D eigenvalue weighted by Gasteiger charge is 2.20. The molecule has 0 spiro atoms. The Morgan fingerprint density at radius 3 is 2.76 bits per heavy atom. The van der Waals surface area contributed by atoms with E-state index in [1.54, 1.807) is 25.1 Å². The summed E-state index contributed by atoms with van der Waals surface area (Å²) in [5.74, 6) is 0.782. The molecule has 1 rings (SSSR count). The maximum atomic E-state index is 12.2. The predicted octanol–water partition coefficient (Wildman–Crippen LogP) is 1.77. The van der Waals surface area contributed by atoms with Crippen molar-refractivity contribution in [1.29, 1.82) is 0 Å². The van der Waals surface area contributed by atoms with Gasteiger partial charge in [0, 0.05) is 26.7 Å². The number of carbonyl (C=O) groups excluding carboxylic acids is 1. The van der Waals surface area contributed by atoms with Crippen molar-refractivity contribution in [3.63, 3.8) is 0 Å². The molecule has 0 saturated carbocycles. The van der Waals surface area contributed by atoms with Crippen LogP contribution in [0, 0.1) is 5.92 Å². The molecule has 0 radical (unpaired) electrons. The Labute approximate surface area is 102 Å². The second kappa shape index (κ2) is 6.39. The number of aromatic nitrogens is 2. The molecule has 0 amide bonds. The molecule has 96 valence electrons. The van der Waals surface area contributed by atoms with Gasteiger partial charge in [0.05, 0.1) is 13.3 Å². The van der Waals surface area contributed by atoms with Crippen LogP contribution in [-0.2, 0) is 11.3 Å². The molecule has 1 unspecified atom stereocenters. The van der Waals surface area contributed by atoms with E-state index in [1.807, 2.05) is 13.8 Å². The third-order valence-electron chi connectivity index (χ3n) is 2.57. The highest BCUT2D eigenvalue weighted by atomic mass is 16.5. The van der Waals surface area contributed by atoms with Gasteiger partial charge in [0.25, 0.3) is 0 Å². The number of carbonyl (C=O) groups is 1. The van der Waals surface area contributed by atoms with Crippen molar-refractivity contribution in [1.82, 2.24) is 9.78 Å². The zero-order valence-electron chi connectivity index (χ0n) is 10.9. The van der Waals surface area contributed by atoms with Gasteiger partial charge in [-0.25, -0.2) is 0 Å². The second-order valence-corrected chi connectivity index (χ2v) is 4.07. The molecule has 0 aliphatic heterocycles. The predicted molar refractivity (Wildman–Crippen MR) is 64.4 cm³/mol. The molecule has 1 aromatic rings. The van der Waals surface area contributed by atoms with Gasteiger partial charge in [-0.2, -0.15) is 5.10 Å². The zero-order valence-corrected chi connectivity index (χ0v) is 10.9. The first-order valence-electron chi connectivity index (χ1n) is 5.75. The number of methoxy groups -OCH3 is 2. The van der Waals surface area contributed by atoms with Crippen LogP contribution in [-0.4, -0.2) is 36.4 Å². The van der Waals surface area contributed by atoms with Crippen LogP contribution in [0.5, 0.6) is 5.75 Å². The van der Waals surface area contributed by atoms with Crippen LogP contribution in [0.3, 0.4) is 0 Å². The minimum Gasteiger partial charge on any atom is -0.493 e. The van der Waals surface area contributed by atoms with Crippen LogP contribution in [0.4, 0.5) is 0 Å². The summed E-state index contributed by atoms with van der Waals surface area (Å²) in [6.07, 6.45) is 2.02. The topological polar surface area (TPSA) is 53.4 Å². The summed E-state index contributed by atoms with van der Waals surface area (Å²) < 4.78 is 11.9. The number of ether oxygens (including phenoxy) is 2. The number of Topliss-reactive ketones (excluding diaryl/α,β-unsaturated/α-hetero) is 1. The van der Waals surface area contributed by atoms with Crippen molar-refractivity contribution >= 4 is 5.78 Å². The van der Waals surface area contributed by atoms with E-state index in [4.69, 9.17) is 9.47 Å². The smallest absolute Gasteiger partial charge is 0.185 e. The largest absolute Gasteiger partial charge is 0.493 e. The van der Waals surface area contributed by atoms with E-state index in [2.05, 4.69) is 5.10 Å². The number of nitrogens with zero attached hydrogens (tertiary/aromatic N) is 2. The summed E-state index contributed by atoms with van der Waals surface area (Å²) in [5, 5.41) is 4.12. The average molecular weight is 240 g/mol. The lowest BCUT2D eigenvalue weighted by molar-refractivity contribution is 0.0907. The van der Waals surface area contributed by atoms with Gasteiger partial charge in [0.15, 0.2) is 11.5 Å². The molecular formula is C12H20N2O3. The molecule has 0 bridgehead atoms. The molecule has 1 aromatic heterocycles. The maximum absolute atomic E-state index is 12.2. The number of ketones is 1. The van der Waals surface area contributed by atoms with E-state index < -0.39 is 0 Å². The number of aryl methyl sites for hydroxylation is 1. The molecule has 0 aliphatic rings. The summed E-state index contributed by atoms with van der Waals surface area (Å²) in [5.41, 5.74) is 0.554. The lowest BCUT2D eigenvalue weighted by Gasteiger charge is -2.10. The van der Waals surface area contributed by atoms with Crippen molar-refractivity contribution in [2.45, 2.75) is 26.8 Å². The van der Waals surface area contributed by atoms with Crippen LogP contribution >= 0.6 is 0 Å². The van der Waals surface area contributed by atoms with Crippen molar-refractivity contribution in [3.8, 4) is 5.75 Å². The van der Waals surface area contributed by atoms with Crippen molar-refractivity contribution in [2.24, 2.45) is 5.92 Å². The lowest BCUT2D eigenvalue weighted by atomic mass is 10.0. The minimum atomic E-state index is 0.0470. The van der Waals surface area contributed by atoms with E-state index in [-0.39, 0.29) is 11.7 Å². The fourth-order valence-electron chi connectivity index (χ4n) is 1.80. The quantitative estimate of drug-likeness (QED) is 0.681. The normalized spacial score (nSPS) is 12.5. The number of hydrogen-bond acceptors (Lipinski definition) is 4. The summed E-state index contributed by atoms with van der Waals surface area (Å²) in [7, 11) is 3.18. The molecule has 1 heterocycles. The molecule has 1 atom stereocenters. The Hall–Kier alpha value is -1.36. The van der Waals surface area contributed by atoms with Gasteiger partial charge >= 0.3 is 0 Å². The zero-order chi connectivity index (χ0) is 12.8. The summed E-state index contributed by atoms with van der Waals surface area (Å²) in [6.45, 7) is 5.17. The van der Waals surface area contributed by atoms with E-state index >= 15 is 0 Å². The third-order valence-corrected chi connectivity index (χ3v) is 2.57. The van der Waals surface area contributed by atoms with Crippen LogP contribution in [0.1, 0.15) is 30.8 Å². The summed E-state index contributed by atoms with van der Waals surface area (Å²) in [6, 6.07) is 0. The molecule has 0 aliphatic carbocycles. The lowest BCUT2D eigenvalue weighted by Crippen LogP contribution is -2.15. The standard InChI is InChI=1S/C12H20N2O3/c1-5-14-12(11(17-4)7-13-14)10(15)6-9(2)8-16-3/h7,9H,5-6,8H2,1-4H3. The Kier molecular flexibility index (Phi) is 5.15. The maximum Gasteiger partial charge on any atom is 0.185 e. The molecule has 0 fully saturated rings. The molecule has 0 aromatic carbocycles. The fourth-order valence-corrected chi connectivity index (χ4v) is 1.80. The first kappa shape index (κ1) is 13.7. The fraction of sp³-hybridized carbons (Fsp3) is 0.667. The highest BCUT2D eigenvalue weighted by molar-refractivity contribution is 5.97. The third kappa shape index (κ3) is 3.30. The Morgan fingerprint density at radius 1 is 1.53 bits per heavy atom. The number of hydrogen-bond donors (Lipinski definition) is 0. The number of rotatable bonds is 7. The van der Waals surface area contributed by atoms with Crippen molar-refractivity contribution in [2.75, 3.05) is 20.8 Å². The van der Waals surface area contributed by atoms with E-state index in [0.717, 1.165) is 0 Å². The SMILES string of the molecule is CCn1ncc(OC)c1C(=O)CC(C)COC. The van der Waals surface area contributed by atoms with Gasteiger partial charge in [-0.15, -0.1) is 0 Å². The van der Waals surface area contributed by atoms with E-state index in [9.17, 15) is 4.79 Å². The molecule has 0 N–H and O–H groups in total. The van der Waals surface area contributed by atoms with Gasteiger partial charge in [-0.1, -0.05) is 6.92 Å². The van der Waals surface area contributed by atoms with E-state index in [1.165, 1.54) is 0 Å². The monoisotopic (exact) mass is 240 g/mol. The van der Waals surface area contributed by atoms with Crippen molar-refractivity contribution < 1.29 is 14.3 Å². The van der Waals surface area contributed by atoms with E-state index in [0.29, 0.717) is 31.0 Å².